The van der Waals surface area contributed by atoms with Crippen LogP contribution in [0.1, 0.15) is 0 Å². The normalized spacial score (nSPS) is 16.2. The van der Waals surface area contributed by atoms with Gasteiger partial charge in [-0.05, 0) is 288 Å². The van der Waals surface area contributed by atoms with Crippen LogP contribution >= 0.6 is 0 Å². The molecule has 0 aliphatic heterocycles. The smallest absolute Gasteiger partial charge is 0.314 e. The summed E-state index contributed by atoms with van der Waals surface area (Å²) >= 11 is 0. The lowest BCUT2D eigenvalue weighted by Gasteiger charge is -2.45. The summed E-state index contributed by atoms with van der Waals surface area (Å²) in [5.74, 6) is 0. The van der Waals surface area contributed by atoms with Crippen molar-refractivity contribution in [3.8, 4) is 0 Å². The average molecular weight is 1570 g/mol. The second-order valence-electron chi connectivity index (χ2n) is 32.9. The van der Waals surface area contributed by atoms with E-state index in [1.807, 2.05) is 0 Å². The molecule has 512 valence electrons. The van der Waals surface area contributed by atoms with Crippen LogP contribution in [-0.2, 0) is 82.3 Å². The molecule has 0 unspecified atom stereocenters. The minimum absolute atomic E-state index is 1.80. The van der Waals surface area contributed by atoms with Crippen LogP contribution in [0.4, 0.5) is 0 Å². The Labute approximate surface area is 545 Å². The summed E-state index contributed by atoms with van der Waals surface area (Å²) < 4.78 is 137. The van der Waals surface area contributed by atoms with E-state index in [9.17, 15) is 0 Å². The maximum atomic E-state index is 6.96. The van der Waals surface area contributed by atoms with Crippen LogP contribution in [0.3, 0.4) is 0 Å². The molecule has 41 heteroatoms. The van der Waals surface area contributed by atoms with E-state index < -0.39 is 179 Å². The number of rotatable bonds is 40. The Hall–Kier alpha value is 3.75. The van der Waals surface area contributed by atoms with Crippen molar-refractivity contribution in [3.63, 3.8) is 0 Å². The van der Waals surface area contributed by atoms with Gasteiger partial charge < -0.3 is 82.3 Å². The molecule has 0 saturated carbocycles. The first-order valence-electron chi connectivity index (χ1n) is 30.2. The fraction of sp³-hybridized carbons (Fsp3) is 1.00. The fourth-order valence-electron chi connectivity index (χ4n) is 12.5. The van der Waals surface area contributed by atoms with Crippen LogP contribution in [0, 0.1) is 0 Å². The Balaban J connectivity index is 5.84. The van der Waals surface area contributed by atoms with Crippen molar-refractivity contribution >= 4 is 179 Å². The van der Waals surface area contributed by atoms with E-state index in [2.05, 4.69) is 288 Å². The molecule has 0 bridgehead atoms. The van der Waals surface area contributed by atoms with E-state index in [1.54, 1.807) is 0 Å². The van der Waals surface area contributed by atoms with Gasteiger partial charge in [0.05, 0.1) is 0 Å². The molecule has 0 heterocycles. The largest absolute Gasteiger partial charge is 0.437 e. The van der Waals surface area contributed by atoms with Crippen molar-refractivity contribution in [2.45, 2.75) is 288 Å². The highest BCUT2D eigenvalue weighted by molar-refractivity contribution is 6.96. The van der Waals surface area contributed by atoms with E-state index in [0.717, 1.165) is 0 Å². The minimum Gasteiger partial charge on any atom is -0.437 e. The zero-order valence-corrected chi connectivity index (χ0v) is 83.7. The Morgan fingerprint density at radius 2 is 0.129 bits per heavy atom. The van der Waals surface area contributed by atoms with Gasteiger partial charge in [0.2, 0.25) is 0 Å². The molecule has 0 atom stereocenters. The van der Waals surface area contributed by atoms with E-state index in [4.69, 9.17) is 82.3 Å². The molecule has 0 spiro atoms. The molecule has 0 radical (unpaired) electrons. The highest BCUT2D eigenvalue weighted by atomic mass is 28.6. The van der Waals surface area contributed by atoms with Gasteiger partial charge in [0.1, 0.15) is 0 Å². The first-order valence-corrected chi connectivity index (χ1v) is 90.5. The molecule has 0 amide bonds. The van der Waals surface area contributed by atoms with Crippen LogP contribution in [0.15, 0.2) is 0 Å². The van der Waals surface area contributed by atoms with Crippen LogP contribution in [0.2, 0.25) is 288 Å². The lowest BCUT2D eigenvalue weighted by atomic mass is 11.8. The molecule has 85 heavy (non-hydrogen) atoms. The zero-order chi connectivity index (χ0) is 68.6. The average Bonchev–Trinajstić information content (AvgIpc) is 2.94. The molecule has 0 aromatic rings. The standard InChI is InChI=1S/C44H132O20Si21/c1-65(2,3)45-67(7,8)47-69(11,12)49-71(15,16)51-73(19,20)53-75(23,24)55-77(27,28)57-79(31,32)59-81(35,36)61-83(39,40)63-85(43,44)64-84(41,42)62-82(37,38)60-80(33,34)58-78(29,30)56-76(25,26)54-74(21,22)52-72(17,18)50-70(13,14)48-68(9,10)46-66(4,5)6/h1-44H3. The van der Waals surface area contributed by atoms with E-state index in [1.165, 1.54) is 0 Å². The van der Waals surface area contributed by atoms with Gasteiger partial charge in [-0.3, -0.25) is 0 Å². The quantitative estimate of drug-likeness (QED) is 0.0527. The Kier molecular flexibility index (Phi) is 30.8. The Morgan fingerprint density at radius 3 is 0.176 bits per heavy atom. The Morgan fingerprint density at radius 1 is 0.0824 bits per heavy atom. The minimum atomic E-state index is -2.87. The second kappa shape index (κ2) is 29.5. The molecule has 0 aliphatic rings. The summed E-state index contributed by atoms with van der Waals surface area (Å²) in [6.45, 7) is 91.7. The SMILES string of the molecule is C[Si](C)(C)O[Si](C)(C)O[Si](C)(C)O[Si](C)(C)O[Si](C)(C)O[Si](C)(C)O[Si](C)(C)O[Si](C)(C)O[Si](C)(C)O[Si](C)(C)O[Si](C)(C)O[Si](C)(C)O[Si](C)(C)O[Si](C)(C)O[Si](C)(C)O[Si](C)(C)O[Si](C)(C)O[Si](C)(C)O[Si](C)(C)O[Si](C)(C)O[Si](C)(C)C. The van der Waals surface area contributed by atoms with Gasteiger partial charge in [0.15, 0.2) is 16.6 Å². The first-order chi connectivity index (χ1) is 36.1. The highest BCUT2D eigenvalue weighted by Crippen LogP contribution is 2.35. The lowest BCUT2D eigenvalue weighted by molar-refractivity contribution is 0.250. The Bertz CT molecular complexity index is 1990. The van der Waals surface area contributed by atoms with Crippen LogP contribution in [-0.4, -0.2) is 179 Å². The monoisotopic (exact) mass is 1570 g/mol. The van der Waals surface area contributed by atoms with E-state index >= 15 is 0 Å². The van der Waals surface area contributed by atoms with Crippen molar-refractivity contribution in [2.24, 2.45) is 0 Å². The fourth-order valence-corrected chi connectivity index (χ4v) is 120. The van der Waals surface area contributed by atoms with Crippen LogP contribution in [0.5, 0.6) is 0 Å². The van der Waals surface area contributed by atoms with Gasteiger partial charge in [-0.25, -0.2) is 0 Å². The topological polar surface area (TPSA) is 185 Å². The predicted octanol–water partition coefficient (Wildman–Crippen LogP) is 16.3. The van der Waals surface area contributed by atoms with Crippen molar-refractivity contribution < 1.29 is 82.3 Å². The molecule has 0 rings (SSSR count). The third-order valence-corrected chi connectivity index (χ3v) is 89.6. The number of hydrogen-bond donors (Lipinski definition) is 0. The summed E-state index contributed by atoms with van der Waals surface area (Å²) in [7, 11) is -55.9. The second-order valence-corrected chi connectivity index (χ2v) is 111. The van der Waals surface area contributed by atoms with Gasteiger partial charge in [-0.2, -0.15) is 0 Å². The first kappa shape index (κ1) is 88.8. The molecule has 0 aliphatic carbocycles. The van der Waals surface area contributed by atoms with Gasteiger partial charge >= 0.3 is 163 Å². The van der Waals surface area contributed by atoms with Gasteiger partial charge in [0.25, 0.3) is 0 Å². The molecule has 0 fully saturated rings. The third kappa shape index (κ3) is 42.1. The predicted molar refractivity (Wildman–Crippen MR) is 401 cm³/mol. The van der Waals surface area contributed by atoms with Crippen molar-refractivity contribution in [1.82, 2.24) is 0 Å². The van der Waals surface area contributed by atoms with Gasteiger partial charge in [0, 0.05) is 0 Å². The molecule has 0 aromatic carbocycles. The van der Waals surface area contributed by atoms with Crippen LogP contribution in [0.25, 0.3) is 0 Å². The summed E-state index contributed by atoms with van der Waals surface area (Å²) in [5.41, 5.74) is 0. The summed E-state index contributed by atoms with van der Waals surface area (Å²) in [6.07, 6.45) is 0. The van der Waals surface area contributed by atoms with E-state index in [-0.39, 0.29) is 0 Å². The molecule has 0 saturated heterocycles. The number of hydrogen-bond acceptors (Lipinski definition) is 20. The van der Waals surface area contributed by atoms with Crippen molar-refractivity contribution in [3.05, 3.63) is 0 Å². The molecular weight excluding hydrogens is 1440 g/mol. The van der Waals surface area contributed by atoms with Crippen LogP contribution < -0.4 is 0 Å². The molecule has 20 nitrogen and oxygen atoms in total. The summed E-state index contributed by atoms with van der Waals surface area (Å²) in [6, 6.07) is 0. The third-order valence-electron chi connectivity index (χ3n) is 9.95. The molecule has 0 aromatic heterocycles. The lowest BCUT2D eigenvalue weighted by Crippen LogP contribution is -2.63. The molecular formula is C44H132O20Si21. The van der Waals surface area contributed by atoms with Crippen molar-refractivity contribution in [1.29, 1.82) is 0 Å². The summed E-state index contributed by atoms with van der Waals surface area (Å²) in [4.78, 5) is 0. The van der Waals surface area contributed by atoms with Gasteiger partial charge in [-0.1, -0.05) is 0 Å². The highest BCUT2D eigenvalue weighted by Gasteiger charge is 2.55. The van der Waals surface area contributed by atoms with Crippen molar-refractivity contribution in [2.75, 3.05) is 0 Å². The van der Waals surface area contributed by atoms with E-state index in [0.29, 0.717) is 0 Å². The summed E-state index contributed by atoms with van der Waals surface area (Å²) in [5, 5.41) is 0. The maximum Gasteiger partial charge on any atom is 0.314 e. The maximum absolute atomic E-state index is 6.96. The molecule has 0 N–H and O–H groups in total. The zero-order valence-electron chi connectivity index (χ0n) is 62.7. The van der Waals surface area contributed by atoms with Gasteiger partial charge in [-0.15, -0.1) is 0 Å².